The minimum atomic E-state index is 0.0422. The Labute approximate surface area is 86.0 Å². The zero-order valence-corrected chi connectivity index (χ0v) is 8.79. The van der Waals surface area contributed by atoms with Gasteiger partial charge in [-0.1, -0.05) is 34.1 Å². The van der Waals surface area contributed by atoms with Crippen molar-refractivity contribution in [2.45, 2.75) is 5.92 Å². The molecular weight excluding hydrogens is 232 g/mol. The zero-order chi connectivity index (χ0) is 9.68. The molecule has 0 aliphatic heterocycles. The molecule has 0 heterocycles. The summed E-state index contributed by atoms with van der Waals surface area (Å²) < 4.78 is 1.00. The maximum atomic E-state index is 9.12. The minimum Gasteiger partial charge on any atom is -0.396 e. The van der Waals surface area contributed by atoms with E-state index in [0.717, 1.165) is 10.0 Å². The van der Waals surface area contributed by atoms with Gasteiger partial charge < -0.3 is 5.11 Å². The van der Waals surface area contributed by atoms with E-state index in [0.29, 0.717) is 6.54 Å². The smallest absolute Gasteiger partial charge is 0.0512 e. The van der Waals surface area contributed by atoms with Gasteiger partial charge in [-0.25, -0.2) is 0 Å². The van der Waals surface area contributed by atoms with Crippen molar-refractivity contribution >= 4 is 15.9 Å². The molecule has 0 fully saturated rings. The minimum absolute atomic E-state index is 0.0422. The maximum absolute atomic E-state index is 9.12. The highest BCUT2D eigenvalue weighted by atomic mass is 79.9. The quantitative estimate of drug-likeness (QED) is 0.547. The van der Waals surface area contributed by atoms with Crippen molar-refractivity contribution in [3.63, 3.8) is 0 Å². The highest BCUT2D eigenvalue weighted by Gasteiger charge is 2.11. The number of hydrogen-bond donors (Lipinski definition) is 3. The molecule has 1 rings (SSSR count). The Morgan fingerprint density at radius 3 is 2.69 bits per heavy atom. The second-order valence-corrected chi connectivity index (χ2v) is 3.66. The average molecular weight is 245 g/mol. The summed E-state index contributed by atoms with van der Waals surface area (Å²) in [7, 11) is 0. The summed E-state index contributed by atoms with van der Waals surface area (Å²) in [5.41, 5.74) is 3.64. The van der Waals surface area contributed by atoms with Crippen molar-refractivity contribution in [2.24, 2.45) is 5.84 Å². The molecule has 0 saturated heterocycles. The van der Waals surface area contributed by atoms with Gasteiger partial charge in [0.2, 0.25) is 0 Å². The molecule has 0 saturated carbocycles. The molecule has 4 heteroatoms. The lowest BCUT2D eigenvalue weighted by molar-refractivity contribution is 0.261. The van der Waals surface area contributed by atoms with Gasteiger partial charge in [-0.15, -0.1) is 0 Å². The molecule has 0 bridgehead atoms. The summed E-state index contributed by atoms with van der Waals surface area (Å²) in [4.78, 5) is 0. The largest absolute Gasteiger partial charge is 0.396 e. The average Bonchev–Trinajstić information content (AvgIpc) is 2.16. The fraction of sp³-hybridized carbons (Fsp3) is 0.333. The van der Waals surface area contributed by atoms with E-state index in [1.807, 2.05) is 24.3 Å². The first-order valence-corrected chi connectivity index (χ1v) is 4.87. The molecule has 72 valence electrons. The third-order valence-electron chi connectivity index (χ3n) is 1.93. The lowest BCUT2D eigenvalue weighted by Crippen LogP contribution is -2.29. The van der Waals surface area contributed by atoms with Crippen LogP contribution in [0.2, 0.25) is 0 Å². The normalized spacial score (nSPS) is 12.8. The Hall–Kier alpha value is -0.420. The first-order valence-electron chi connectivity index (χ1n) is 4.08. The van der Waals surface area contributed by atoms with Crippen molar-refractivity contribution in [1.82, 2.24) is 5.43 Å². The first-order chi connectivity index (χ1) is 6.29. The predicted octanol–water partition coefficient (Wildman–Crippen LogP) is 0.988. The molecule has 1 atom stereocenters. The molecule has 0 radical (unpaired) electrons. The summed E-state index contributed by atoms with van der Waals surface area (Å²) in [6.45, 7) is 0.659. The summed E-state index contributed by atoms with van der Waals surface area (Å²) >= 11 is 3.43. The molecule has 13 heavy (non-hydrogen) atoms. The summed E-state index contributed by atoms with van der Waals surface area (Å²) in [5.74, 6) is 5.26. The number of aliphatic hydroxyl groups is 1. The van der Waals surface area contributed by atoms with Gasteiger partial charge in [-0.05, 0) is 11.6 Å². The van der Waals surface area contributed by atoms with Gasteiger partial charge in [0, 0.05) is 16.9 Å². The van der Waals surface area contributed by atoms with E-state index < -0.39 is 0 Å². The molecule has 1 aromatic carbocycles. The maximum Gasteiger partial charge on any atom is 0.0512 e. The van der Waals surface area contributed by atoms with Crippen molar-refractivity contribution in [3.05, 3.63) is 34.3 Å². The first kappa shape index (κ1) is 10.7. The Morgan fingerprint density at radius 1 is 1.46 bits per heavy atom. The number of nitrogens with two attached hydrogens (primary N) is 1. The molecule has 0 aromatic heterocycles. The van der Waals surface area contributed by atoms with Crippen LogP contribution in [0.4, 0.5) is 0 Å². The molecule has 0 aliphatic rings. The molecule has 1 aromatic rings. The van der Waals surface area contributed by atoms with Gasteiger partial charge in [0.25, 0.3) is 0 Å². The van der Waals surface area contributed by atoms with E-state index >= 15 is 0 Å². The van der Waals surface area contributed by atoms with Gasteiger partial charge in [0.05, 0.1) is 6.61 Å². The molecule has 0 amide bonds. The highest BCUT2D eigenvalue weighted by molar-refractivity contribution is 9.10. The van der Waals surface area contributed by atoms with Crippen LogP contribution < -0.4 is 11.3 Å². The van der Waals surface area contributed by atoms with Crippen LogP contribution >= 0.6 is 15.9 Å². The van der Waals surface area contributed by atoms with Crippen LogP contribution in [0.25, 0.3) is 0 Å². The van der Waals surface area contributed by atoms with E-state index in [1.165, 1.54) is 0 Å². The van der Waals surface area contributed by atoms with Crippen LogP contribution in [0.15, 0.2) is 28.7 Å². The monoisotopic (exact) mass is 244 g/mol. The Balaban J connectivity index is 2.84. The topological polar surface area (TPSA) is 58.3 Å². The van der Waals surface area contributed by atoms with E-state index in [-0.39, 0.29) is 12.5 Å². The fourth-order valence-corrected chi connectivity index (χ4v) is 1.83. The second-order valence-electron chi connectivity index (χ2n) is 2.81. The molecule has 3 nitrogen and oxygen atoms in total. The summed E-state index contributed by atoms with van der Waals surface area (Å²) in [5, 5.41) is 9.12. The van der Waals surface area contributed by atoms with Crippen LogP contribution in [0.3, 0.4) is 0 Å². The van der Waals surface area contributed by atoms with Crippen molar-refractivity contribution in [2.75, 3.05) is 13.2 Å². The van der Waals surface area contributed by atoms with Crippen LogP contribution in [0.1, 0.15) is 11.5 Å². The van der Waals surface area contributed by atoms with E-state index in [2.05, 4.69) is 21.4 Å². The number of hydrazine groups is 1. The fourth-order valence-electron chi connectivity index (χ4n) is 1.22. The van der Waals surface area contributed by atoms with Crippen molar-refractivity contribution in [3.8, 4) is 0 Å². The number of hydrogen-bond acceptors (Lipinski definition) is 3. The number of halogens is 1. The van der Waals surface area contributed by atoms with E-state index in [4.69, 9.17) is 10.9 Å². The molecule has 0 aliphatic carbocycles. The predicted molar refractivity (Wildman–Crippen MR) is 56.2 cm³/mol. The van der Waals surface area contributed by atoms with E-state index in [1.54, 1.807) is 0 Å². The Kier molecular flexibility index (Phi) is 4.38. The number of aliphatic hydroxyl groups excluding tert-OH is 1. The van der Waals surface area contributed by atoms with Crippen LogP contribution in [0.5, 0.6) is 0 Å². The second kappa shape index (κ2) is 5.34. The van der Waals surface area contributed by atoms with Crippen molar-refractivity contribution < 1.29 is 5.11 Å². The lowest BCUT2D eigenvalue weighted by atomic mass is 10.0. The SMILES string of the molecule is NNCC(CO)c1ccccc1Br. The third-order valence-corrected chi connectivity index (χ3v) is 2.65. The van der Waals surface area contributed by atoms with Crippen LogP contribution in [0, 0.1) is 0 Å². The number of benzene rings is 1. The van der Waals surface area contributed by atoms with Crippen LogP contribution in [-0.4, -0.2) is 18.3 Å². The Bertz CT molecular complexity index is 268. The van der Waals surface area contributed by atoms with E-state index in [9.17, 15) is 0 Å². The van der Waals surface area contributed by atoms with Crippen molar-refractivity contribution in [1.29, 1.82) is 0 Å². The summed E-state index contributed by atoms with van der Waals surface area (Å²) in [6.07, 6.45) is 0. The van der Waals surface area contributed by atoms with Crippen LogP contribution in [-0.2, 0) is 0 Å². The zero-order valence-electron chi connectivity index (χ0n) is 7.20. The lowest BCUT2D eigenvalue weighted by Gasteiger charge is -2.15. The third kappa shape index (κ3) is 2.77. The molecule has 4 N–H and O–H groups in total. The highest BCUT2D eigenvalue weighted by Crippen LogP contribution is 2.23. The number of nitrogens with one attached hydrogen (secondary N) is 1. The Morgan fingerprint density at radius 2 is 2.15 bits per heavy atom. The van der Waals surface area contributed by atoms with Gasteiger partial charge in [-0.3, -0.25) is 11.3 Å². The summed E-state index contributed by atoms with van der Waals surface area (Å²) in [6, 6.07) is 7.81. The molecule has 0 spiro atoms. The van der Waals surface area contributed by atoms with Gasteiger partial charge in [-0.2, -0.15) is 0 Å². The van der Waals surface area contributed by atoms with Gasteiger partial charge in [0.15, 0.2) is 0 Å². The van der Waals surface area contributed by atoms with Gasteiger partial charge in [0.1, 0.15) is 0 Å². The number of rotatable bonds is 4. The molecule has 1 unspecified atom stereocenters. The standard InChI is InChI=1S/C9H13BrN2O/c10-9-4-2-1-3-8(9)7(6-13)5-12-11/h1-4,7,12-13H,5-6,11H2. The molecular formula is C9H13BrN2O. The van der Waals surface area contributed by atoms with Gasteiger partial charge >= 0.3 is 0 Å².